The first-order valence-corrected chi connectivity index (χ1v) is 9.81. The second kappa shape index (κ2) is 6.78. The largest absolute Gasteiger partial charge is 0.311 e. The van der Waals surface area contributed by atoms with Crippen LogP contribution >= 0.6 is 11.6 Å². The molecule has 2 aromatic carbocycles. The normalized spacial score (nSPS) is 18.0. The van der Waals surface area contributed by atoms with E-state index in [1.165, 1.54) is 6.07 Å². The Kier molecular flexibility index (Phi) is 4.86. The van der Waals surface area contributed by atoms with Crippen molar-refractivity contribution in [3.63, 3.8) is 0 Å². The molecule has 1 saturated heterocycles. The number of anilines is 1. The lowest BCUT2D eigenvalue weighted by molar-refractivity contribution is -0.118. The first-order valence-electron chi connectivity index (χ1n) is 7.95. The standard InChI is InChI=1S/C18H19ClN2O3S/c1-12-6-8-14(9-7-12)21-11-10-16(18(21)22)20-25(23,24)17-13(2)4-3-5-15(17)19/h3-9,16,20H,10-11H2,1-2H3/t16-/m1/s1. The van der Waals surface area contributed by atoms with Crippen LogP contribution in [0.1, 0.15) is 17.5 Å². The van der Waals surface area contributed by atoms with E-state index in [-0.39, 0.29) is 15.8 Å². The third kappa shape index (κ3) is 3.56. The third-order valence-electron chi connectivity index (χ3n) is 4.28. The molecule has 1 fully saturated rings. The second-order valence-electron chi connectivity index (χ2n) is 6.17. The first-order chi connectivity index (χ1) is 11.8. The fourth-order valence-electron chi connectivity index (χ4n) is 2.97. The Morgan fingerprint density at radius 3 is 2.44 bits per heavy atom. The molecule has 0 aliphatic carbocycles. The molecule has 1 N–H and O–H groups in total. The van der Waals surface area contributed by atoms with Crippen molar-refractivity contribution in [3.05, 3.63) is 58.6 Å². The van der Waals surface area contributed by atoms with Crippen molar-refractivity contribution in [1.29, 1.82) is 0 Å². The van der Waals surface area contributed by atoms with Crippen molar-refractivity contribution >= 4 is 33.2 Å². The van der Waals surface area contributed by atoms with Crippen LogP contribution in [-0.2, 0) is 14.8 Å². The molecule has 1 atom stereocenters. The number of hydrogen-bond acceptors (Lipinski definition) is 3. The Morgan fingerprint density at radius 2 is 1.80 bits per heavy atom. The van der Waals surface area contributed by atoms with E-state index in [0.29, 0.717) is 18.5 Å². The number of carbonyl (C=O) groups is 1. The number of nitrogens with one attached hydrogen (secondary N) is 1. The molecule has 1 amide bonds. The highest BCUT2D eigenvalue weighted by Gasteiger charge is 2.36. The summed E-state index contributed by atoms with van der Waals surface area (Å²) in [5, 5.41) is 0.147. The molecule has 0 saturated carbocycles. The fraction of sp³-hybridized carbons (Fsp3) is 0.278. The molecule has 2 aromatic rings. The van der Waals surface area contributed by atoms with Gasteiger partial charge in [0.25, 0.3) is 0 Å². The van der Waals surface area contributed by atoms with E-state index in [9.17, 15) is 13.2 Å². The van der Waals surface area contributed by atoms with Crippen molar-refractivity contribution in [3.8, 4) is 0 Å². The van der Waals surface area contributed by atoms with Gasteiger partial charge in [0.1, 0.15) is 10.9 Å². The van der Waals surface area contributed by atoms with Gasteiger partial charge in [-0.2, -0.15) is 4.72 Å². The average molecular weight is 379 g/mol. The molecule has 1 aliphatic rings. The molecule has 0 unspecified atom stereocenters. The molecule has 0 bridgehead atoms. The molecule has 3 rings (SSSR count). The molecule has 1 heterocycles. The van der Waals surface area contributed by atoms with Crippen molar-refractivity contribution in [2.24, 2.45) is 0 Å². The summed E-state index contributed by atoms with van der Waals surface area (Å²) in [5.74, 6) is -0.253. The number of carbonyl (C=O) groups excluding carboxylic acids is 1. The van der Waals surface area contributed by atoms with Crippen LogP contribution in [0.4, 0.5) is 5.69 Å². The summed E-state index contributed by atoms with van der Waals surface area (Å²) < 4.78 is 27.9. The lowest BCUT2D eigenvalue weighted by atomic mass is 10.2. The Labute approximate surface area is 152 Å². The maximum Gasteiger partial charge on any atom is 0.245 e. The Morgan fingerprint density at radius 1 is 1.12 bits per heavy atom. The van der Waals surface area contributed by atoms with Gasteiger partial charge in [0.15, 0.2) is 0 Å². The van der Waals surface area contributed by atoms with Gasteiger partial charge < -0.3 is 4.90 Å². The minimum absolute atomic E-state index is 0.0262. The highest BCUT2D eigenvalue weighted by molar-refractivity contribution is 7.89. The molecule has 1 aliphatic heterocycles. The van der Waals surface area contributed by atoms with Gasteiger partial charge >= 0.3 is 0 Å². The molecule has 25 heavy (non-hydrogen) atoms. The molecule has 0 aromatic heterocycles. The zero-order valence-corrected chi connectivity index (χ0v) is 15.6. The maximum absolute atomic E-state index is 12.7. The highest BCUT2D eigenvalue weighted by Crippen LogP contribution is 2.27. The van der Waals surface area contributed by atoms with Gasteiger partial charge in [-0.25, -0.2) is 8.42 Å². The van der Waals surface area contributed by atoms with Crippen LogP contribution in [0.2, 0.25) is 5.02 Å². The second-order valence-corrected chi connectivity index (χ2v) is 8.23. The average Bonchev–Trinajstić information content (AvgIpc) is 2.88. The van der Waals surface area contributed by atoms with Crippen LogP contribution in [0.15, 0.2) is 47.4 Å². The van der Waals surface area contributed by atoms with Crippen molar-refractivity contribution in [2.75, 3.05) is 11.4 Å². The quantitative estimate of drug-likeness (QED) is 0.889. The molecular weight excluding hydrogens is 360 g/mol. The van der Waals surface area contributed by atoms with E-state index < -0.39 is 16.1 Å². The van der Waals surface area contributed by atoms with Crippen LogP contribution in [0, 0.1) is 13.8 Å². The van der Waals surface area contributed by atoms with Gasteiger partial charge in [-0.3, -0.25) is 4.79 Å². The molecular formula is C18H19ClN2O3S. The summed E-state index contributed by atoms with van der Waals surface area (Å²) in [6.45, 7) is 4.12. The number of benzene rings is 2. The predicted octanol–water partition coefficient (Wildman–Crippen LogP) is 3.04. The number of sulfonamides is 1. The van der Waals surface area contributed by atoms with Crippen molar-refractivity contribution in [1.82, 2.24) is 4.72 Å². The first kappa shape index (κ1) is 17.9. The van der Waals surface area contributed by atoms with Gasteiger partial charge in [-0.05, 0) is 44.0 Å². The van der Waals surface area contributed by atoms with Crippen LogP contribution in [0.25, 0.3) is 0 Å². The molecule has 132 valence electrons. The lowest BCUT2D eigenvalue weighted by Crippen LogP contribution is -2.41. The maximum atomic E-state index is 12.7. The number of halogens is 1. The van der Waals surface area contributed by atoms with Crippen LogP contribution in [0.3, 0.4) is 0 Å². The molecule has 0 radical (unpaired) electrons. The van der Waals surface area contributed by atoms with Crippen molar-refractivity contribution in [2.45, 2.75) is 31.2 Å². The van der Waals surface area contributed by atoms with Crippen molar-refractivity contribution < 1.29 is 13.2 Å². The summed E-state index contributed by atoms with van der Waals surface area (Å²) in [6.07, 6.45) is 0.412. The summed E-state index contributed by atoms with van der Waals surface area (Å²) in [6, 6.07) is 11.7. The van der Waals surface area contributed by atoms with Gasteiger partial charge in [0.05, 0.1) is 5.02 Å². The number of nitrogens with zero attached hydrogens (tertiary/aromatic N) is 1. The summed E-state index contributed by atoms with van der Waals surface area (Å²) in [7, 11) is -3.88. The van der Waals surface area contributed by atoms with Gasteiger partial charge in [-0.15, -0.1) is 0 Å². The van der Waals surface area contributed by atoms with E-state index in [2.05, 4.69) is 4.72 Å². The fourth-order valence-corrected chi connectivity index (χ4v) is 5.03. The topological polar surface area (TPSA) is 66.5 Å². The SMILES string of the molecule is Cc1ccc(N2CC[C@@H](NS(=O)(=O)c3c(C)cccc3Cl)C2=O)cc1. The molecule has 5 nitrogen and oxygen atoms in total. The number of amides is 1. The van der Waals surface area contributed by atoms with Crippen LogP contribution in [0.5, 0.6) is 0 Å². The molecule has 0 spiro atoms. The predicted molar refractivity (Wildman–Crippen MR) is 98.4 cm³/mol. The van der Waals surface area contributed by atoms with Crippen LogP contribution in [-0.4, -0.2) is 26.9 Å². The highest BCUT2D eigenvalue weighted by atomic mass is 35.5. The summed E-state index contributed by atoms with van der Waals surface area (Å²) >= 11 is 6.06. The zero-order chi connectivity index (χ0) is 18.2. The Bertz CT molecular complexity index is 890. The third-order valence-corrected chi connectivity index (χ3v) is 6.38. The monoisotopic (exact) mass is 378 g/mol. The number of aryl methyl sites for hydroxylation is 2. The Hall–Kier alpha value is -1.89. The van der Waals surface area contributed by atoms with E-state index >= 15 is 0 Å². The minimum atomic E-state index is -3.88. The van der Waals surface area contributed by atoms with E-state index in [1.54, 1.807) is 24.0 Å². The van der Waals surface area contributed by atoms with Crippen LogP contribution < -0.4 is 9.62 Å². The van der Waals surface area contributed by atoms with Gasteiger partial charge in [-0.1, -0.05) is 41.4 Å². The minimum Gasteiger partial charge on any atom is -0.311 e. The smallest absolute Gasteiger partial charge is 0.245 e. The number of hydrogen-bond donors (Lipinski definition) is 1. The zero-order valence-electron chi connectivity index (χ0n) is 14.0. The van der Waals surface area contributed by atoms with Gasteiger partial charge in [0.2, 0.25) is 15.9 Å². The number of rotatable bonds is 4. The summed E-state index contributed by atoms with van der Waals surface area (Å²) in [4.78, 5) is 14.3. The Balaban J connectivity index is 1.82. The van der Waals surface area contributed by atoms with E-state index in [1.807, 2.05) is 31.2 Å². The summed E-state index contributed by atoms with van der Waals surface area (Å²) in [5.41, 5.74) is 2.41. The van der Waals surface area contributed by atoms with E-state index in [4.69, 9.17) is 11.6 Å². The van der Waals surface area contributed by atoms with Gasteiger partial charge in [0, 0.05) is 12.2 Å². The molecule has 7 heteroatoms. The lowest BCUT2D eigenvalue weighted by Gasteiger charge is -2.18. The van der Waals surface area contributed by atoms with E-state index in [0.717, 1.165) is 11.3 Å².